The summed E-state index contributed by atoms with van der Waals surface area (Å²) in [6, 6.07) is 19.8. The van der Waals surface area contributed by atoms with Crippen molar-refractivity contribution in [2.75, 3.05) is 37.6 Å². The Morgan fingerprint density at radius 3 is 2.25 bits per heavy atom. The van der Waals surface area contributed by atoms with Gasteiger partial charge in [-0.05, 0) is 42.4 Å². The molecule has 0 radical (unpaired) electrons. The summed E-state index contributed by atoms with van der Waals surface area (Å²) in [7, 11) is 0. The molecule has 1 saturated heterocycles. The van der Waals surface area contributed by atoms with Gasteiger partial charge in [-0.25, -0.2) is 0 Å². The number of piperazine rings is 1. The van der Waals surface area contributed by atoms with Crippen LogP contribution in [0.15, 0.2) is 54.6 Å². The fourth-order valence-electron chi connectivity index (χ4n) is 3.98. The molecule has 3 heteroatoms. The molecule has 1 aliphatic heterocycles. The largest absolute Gasteiger partial charge is 0.369 e. The molecule has 0 bridgehead atoms. The third-order valence-corrected chi connectivity index (χ3v) is 5.47. The van der Waals surface area contributed by atoms with Crippen molar-refractivity contribution < 1.29 is 0 Å². The van der Waals surface area contributed by atoms with Crippen molar-refractivity contribution >= 4 is 22.7 Å². The second-order valence-corrected chi connectivity index (χ2v) is 7.09. The second kappa shape index (κ2) is 7.71. The van der Waals surface area contributed by atoms with E-state index in [1.54, 1.807) is 0 Å². The van der Waals surface area contributed by atoms with Crippen molar-refractivity contribution in [1.82, 2.24) is 4.90 Å². The third kappa shape index (κ3) is 3.84. The lowest BCUT2D eigenvalue weighted by atomic mass is 10.1. The summed E-state index contributed by atoms with van der Waals surface area (Å²) in [5.74, 6) is 1.69. The number of benzene rings is 2. The molecule has 0 N–H and O–H groups in total. The number of hydrogen-bond donors (Lipinski definition) is 0. The van der Waals surface area contributed by atoms with Crippen LogP contribution in [0.3, 0.4) is 0 Å². The van der Waals surface area contributed by atoms with Gasteiger partial charge in [0.15, 0.2) is 0 Å². The van der Waals surface area contributed by atoms with Crippen molar-refractivity contribution in [3.8, 4) is 0 Å². The SMILES string of the molecule is Br.Cc1ccccc1N1CCN(CC2CC2c2ccccc2)CC1. The topological polar surface area (TPSA) is 6.48 Å². The zero-order chi connectivity index (χ0) is 15.6. The molecule has 2 nitrogen and oxygen atoms in total. The average Bonchev–Trinajstić information content (AvgIpc) is 3.36. The van der Waals surface area contributed by atoms with Gasteiger partial charge in [0.1, 0.15) is 0 Å². The van der Waals surface area contributed by atoms with Crippen LogP contribution in [0.25, 0.3) is 0 Å². The summed E-state index contributed by atoms with van der Waals surface area (Å²) in [5.41, 5.74) is 4.35. The standard InChI is InChI=1S/C21H26N2.BrH/c1-17-7-5-6-10-21(17)23-13-11-22(12-14-23)16-19-15-20(19)18-8-3-2-4-9-18;/h2-10,19-20H,11-16H2,1H3;1H. The number of hydrogen-bond acceptors (Lipinski definition) is 2. The van der Waals surface area contributed by atoms with Gasteiger partial charge in [0, 0.05) is 38.4 Å². The summed E-state index contributed by atoms with van der Waals surface area (Å²) in [6.45, 7) is 8.22. The van der Waals surface area contributed by atoms with Crippen LogP contribution in [0.1, 0.15) is 23.5 Å². The Morgan fingerprint density at radius 1 is 0.875 bits per heavy atom. The summed E-state index contributed by atoms with van der Waals surface area (Å²) in [5, 5.41) is 0. The zero-order valence-electron chi connectivity index (χ0n) is 14.4. The lowest BCUT2D eigenvalue weighted by Gasteiger charge is -2.37. The highest BCUT2D eigenvalue weighted by molar-refractivity contribution is 8.93. The molecule has 1 saturated carbocycles. The van der Waals surface area contributed by atoms with Crippen LogP contribution in [0.4, 0.5) is 5.69 Å². The highest BCUT2D eigenvalue weighted by Crippen LogP contribution is 2.47. The van der Waals surface area contributed by atoms with E-state index < -0.39 is 0 Å². The van der Waals surface area contributed by atoms with Crippen molar-refractivity contribution in [1.29, 1.82) is 0 Å². The molecule has 0 amide bonds. The monoisotopic (exact) mass is 386 g/mol. The molecular formula is C21H27BrN2. The molecule has 0 aromatic heterocycles. The van der Waals surface area contributed by atoms with Gasteiger partial charge in [-0.15, -0.1) is 17.0 Å². The number of halogens is 1. The molecule has 2 atom stereocenters. The second-order valence-electron chi connectivity index (χ2n) is 7.09. The number of nitrogens with zero attached hydrogens (tertiary/aromatic N) is 2. The van der Waals surface area contributed by atoms with Crippen molar-refractivity contribution in [2.24, 2.45) is 5.92 Å². The normalized spacial score (nSPS) is 23.6. The van der Waals surface area contributed by atoms with Gasteiger partial charge in [-0.1, -0.05) is 48.5 Å². The predicted octanol–water partition coefficient (Wildman–Crippen LogP) is 4.50. The van der Waals surface area contributed by atoms with Crippen LogP contribution < -0.4 is 4.90 Å². The molecule has 0 spiro atoms. The minimum absolute atomic E-state index is 0. The molecule has 2 fully saturated rings. The fourth-order valence-corrected chi connectivity index (χ4v) is 3.98. The Kier molecular flexibility index (Phi) is 5.62. The van der Waals surface area contributed by atoms with Crippen LogP contribution in [0.2, 0.25) is 0 Å². The van der Waals surface area contributed by atoms with E-state index in [0.717, 1.165) is 24.9 Å². The lowest BCUT2D eigenvalue weighted by Crippen LogP contribution is -2.47. The molecule has 2 aromatic carbocycles. The van der Waals surface area contributed by atoms with E-state index >= 15 is 0 Å². The Balaban J connectivity index is 0.00000169. The maximum absolute atomic E-state index is 2.67. The van der Waals surface area contributed by atoms with Gasteiger partial charge < -0.3 is 4.90 Å². The predicted molar refractivity (Wildman–Crippen MR) is 107 cm³/mol. The van der Waals surface area contributed by atoms with E-state index in [-0.39, 0.29) is 17.0 Å². The first kappa shape index (κ1) is 17.5. The molecule has 2 unspecified atom stereocenters. The third-order valence-electron chi connectivity index (χ3n) is 5.47. The number of para-hydroxylation sites is 1. The van der Waals surface area contributed by atoms with Gasteiger partial charge in [0.25, 0.3) is 0 Å². The number of aryl methyl sites for hydroxylation is 1. The van der Waals surface area contributed by atoms with Crippen LogP contribution in [0.5, 0.6) is 0 Å². The van der Waals surface area contributed by atoms with E-state index in [0.29, 0.717) is 0 Å². The van der Waals surface area contributed by atoms with E-state index in [9.17, 15) is 0 Å². The maximum Gasteiger partial charge on any atom is 0.0396 e. The maximum atomic E-state index is 2.67. The molecular weight excluding hydrogens is 360 g/mol. The first-order chi connectivity index (χ1) is 11.3. The Hall–Kier alpha value is -1.32. The van der Waals surface area contributed by atoms with Crippen LogP contribution in [0, 0.1) is 12.8 Å². The van der Waals surface area contributed by atoms with Gasteiger partial charge in [-0.3, -0.25) is 4.90 Å². The summed E-state index contributed by atoms with van der Waals surface area (Å²) in [6.07, 6.45) is 1.38. The quantitative estimate of drug-likeness (QED) is 0.762. The van der Waals surface area contributed by atoms with Crippen molar-refractivity contribution in [2.45, 2.75) is 19.3 Å². The van der Waals surface area contributed by atoms with Gasteiger partial charge in [0.05, 0.1) is 0 Å². The van der Waals surface area contributed by atoms with E-state index in [4.69, 9.17) is 0 Å². The van der Waals surface area contributed by atoms with E-state index in [2.05, 4.69) is 71.3 Å². The van der Waals surface area contributed by atoms with Crippen molar-refractivity contribution in [3.05, 3.63) is 65.7 Å². The molecule has 24 heavy (non-hydrogen) atoms. The molecule has 1 heterocycles. The lowest BCUT2D eigenvalue weighted by molar-refractivity contribution is 0.246. The Morgan fingerprint density at radius 2 is 1.54 bits per heavy atom. The van der Waals surface area contributed by atoms with Crippen LogP contribution in [-0.2, 0) is 0 Å². The number of anilines is 1. The first-order valence-corrected chi connectivity index (χ1v) is 8.89. The molecule has 2 aliphatic rings. The highest BCUT2D eigenvalue weighted by Gasteiger charge is 2.39. The Bertz CT molecular complexity index is 650. The summed E-state index contributed by atoms with van der Waals surface area (Å²) >= 11 is 0. The van der Waals surface area contributed by atoms with E-state index in [1.807, 2.05) is 0 Å². The number of rotatable bonds is 4. The van der Waals surface area contributed by atoms with E-state index in [1.165, 1.54) is 42.9 Å². The molecule has 128 valence electrons. The first-order valence-electron chi connectivity index (χ1n) is 8.89. The van der Waals surface area contributed by atoms with Gasteiger partial charge in [-0.2, -0.15) is 0 Å². The minimum atomic E-state index is 0. The average molecular weight is 387 g/mol. The van der Waals surface area contributed by atoms with Crippen molar-refractivity contribution in [3.63, 3.8) is 0 Å². The summed E-state index contributed by atoms with van der Waals surface area (Å²) < 4.78 is 0. The fraction of sp³-hybridized carbons (Fsp3) is 0.429. The molecule has 1 aliphatic carbocycles. The summed E-state index contributed by atoms with van der Waals surface area (Å²) in [4.78, 5) is 5.22. The smallest absolute Gasteiger partial charge is 0.0396 e. The van der Waals surface area contributed by atoms with Gasteiger partial charge in [0.2, 0.25) is 0 Å². The van der Waals surface area contributed by atoms with Gasteiger partial charge >= 0.3 is 0 Å². The molecule has 4 rings (SSSR count). The molecule has 2 aromatic rings. The van der Waals surface area contributed by atoms with Crippen LogP contribution in [-0.4, -0.2) is 37.6 Å². The zero-order valence-corrected chi connectivity index (χ0v) is 16.1. The van der Waals surface area contributed by atoms with Crippen LogP contribution >= 0.6 is 17.0 Å². The minimum Gasteiger partial charge on any atom is -0.369 e. The Labute approximate surface area is 156 Å². The highest BCUT2D eigenvalue weighted by atomic mass is 79.9.